The third kappa shape index (κ3) is 3.98. The van der Waals surface area contributed by atoms with Crippen molar-refractivity contribution in [3.63, 3.8) is 0 Å². The first-order valence-corrected chi connectivity index (χ1v) is 8.26. The van der Waals surface area contributed by atoms with Crippen LogP contribution >= 0.6 is 0 Å². The Morgan fingerprint density at radius 3 is 2.29 bits per heavy atom. The van der Waals surface area contributed by atoms with Gasteiger partial charge in [0.25, 0.3) is 11.8 Å². The molecule has 1 fully saturated rings. The van der Waals surface area contributed by atoms with E-state index < -0.39 is 0 Å². The van der Waals surface area contributed by atoms with E-state index in [4.69, 9.17) is 0 Å². The molecule has 2 aromatic rings. The lowest BCUT2D eigenvalue weighted by Gasteiger charge is -2.12. The lowest BCUT2D eigenvalue weighted by molar-refractivity contribution is 0.0937. The van der Waals surface area contributed by atoms with E-state index in [2.05, 4.69) is 15.6 Å². The largest absolute Gasteiger partial charge is 0.349 e. The highest BCUT2D eigenvalue weighted by atomic mass is 16.2. The Bertz CT molecular complexity index is 735. The topological polar surface area (TPSA) is 71.1 Å². The van der Waals surface area contributed by atoms with Gasteiger partial charge in [0.1, 0.15) is 0 Å². The van der Waals surface area contributed by atoms with Crippen molar-refractivity contribution in [2.45, 2.75) is 38.6 Å². The zero-order valence-electron chi connectivity index (χ0n) is 13.7. The van der Waals surface area contributed by atoms with Crippen LogP contribution in [0.2, 0.25) is 0 Å². The number of hydrogen-bond donors (Lipinski definition) is 2. The quantitative estimate of drug-likeness (QED) is 0.907. The SMILES string of the molecule is Cc1ccc(NC(=O)c2cncc(C(=O)NC3CCCC3)c2)cc1. The van der Waals surface area contributed by atoms with Crippen LogP contribution in [0.5, 0.6) is 0 Å². The molecule has 3 rings (SSSR count). The third-order valence-corrected chi connectivity index (χ3v) is 4.26. The molecule has 1 aromatic carbocycles. The van der Waals surface area contributed by atoms with Crippen LogP contribution in [0.4, 0.5) is 5.69 Å². The molecule has 1 heterocycles. The molecule has 0 spiro atoms. The average Bonchev–Trinajstić information content (AvgIpc) is 3.10. The fraction of sp³-hybridized carbons (Fsp3) is 0.316. The number of carbonyl (C=O) groups is 2. The second-order valence-electron chi connectivity index (χ2n) is 6.24. The molecule has 2 amide bonds. The van der Waals surface area contributed by atoms with E-state index in [0.29, 0.717) is 16.8 Å². The van der Waals surface area contributed by atoms with Crippen molar-refractivity contribution < 1.29 is 9.59 Å². The summed E-state index contributed by atoms with van der Waals surface area (Å²) in [6.45, 7) is 1.99. The summed E-state index contributed by atoms with van der Waals surface area (Å²) >= 11 is 0. The molecule has 2 N–H and O–H groups in total. The molecule has 0 radical (unpaired) electrons. The number of nitrogens with zero attached hydrogens (tertiary/aromatic N) is 1. The molecule has 5 heteroatoms. The lowest BCUT2D eigenvalue weighted by Crippen LogP contribution is -2.32. The first kappa shape index (κ1) is 16.2. The second kappa shape index (κ2) is 7.25. The minimum Gasteiger partial charge on any atom is -0.349 e. The van der Waals surface area contributed by atoms with Crippen molar-refractivity contribution in [3.05, 3.63) is 59.4 Å². The van der Waals surface area contributed by atoms with Crippen LogP contribution < -0.4 is 10.6 Å². The molecule has 0 saturated heterocycles. The molecule has 0 unspecified atom stereocenters. The highest BCUT2D eigenvalue weighted by Gasteiger charge is 2.19. The molecule has 0 atom stereocenters. The molecule has 1 aromatic heterocycles. The van der Waals surface area contributed by atoms with Crippen LogP contribution in [0.3, 0.4) is 0 Å². The highest BCUT2D eigenvalue weighted by molar-refractivity contribution is 6.05. The van der Waals surface area contributed by atoms with Crippen molar-refractivity contribution in [2.75, 3.05) is 5.32 Å². The molecular formula is C19H21N3O2. The van der Waals surface area contributed by atoms with Gasteiger partial charge in [-0.05, 0) is 38.0 Å². The summed E-state index contributed by atoms with van der Waals surface area (Å²) in [5.74, 6) is -0.443. The predicted molar refractivity (Wildman–Crippen MR) is 93.1 cm³/mol. The number of carbonyl (C=O) groups excluding carboxylic acids is 2. The molecule has 0 aliphatic heterocycles. The molecular weight excluding hydrogens is 302 g/mol. The van der Waals surface area contributed by atoms with Gasteiger partial charge >= 0.3 is 0 Å². The van der Waals surface area contributed by atoms with Gasteiger partial charge in [0.15, 0.2) is 0 Å². The van der Waals surface area contributed by atoms with E-state index in [1.165, 1.54) is 12.4 Å². The predicted octanol–water partition coefficient (Wildman–Crippen LogP) is 3.31. The number of aryl methyl sites for hydroxylation is 1. The molecule has 1 aliphatic rings. The molecule has 124 valence electrons. The highest BCUT2D eigenvalue weighted by Crippen LogP contribution is 2.18. The summed E-state index contributed by atoms with van der Waals surface area (Å²) in [7, 11) is 0. The number of aromatic nitrogens is 1. The van der Waals surface area contributed by atoms with E-state index >= 15 is 0 Å². The zero-order valence-corrected chi connectivity index (χ0v) is 13.7. The summed E-state index contributed by atoms with van der Waals surface area (Å²) in [5, 5.41) is 5.82. The first-order chi connectivity index (χ1) is 11.6. The Morgan fingerprint density at radius 2 is 1.62 bits per heavy atom. The van der Waals surface area contributed by atoms with Crippen LogP contribution in [0.25, 0.3) is 0 Å². The Hall–Kier alpha value is -2.69. The van der Waals surface area contributed by atoms with E-state index in [1.807, 2.05) is 31.2 Å². The molecule has 0 bridgehead atoms. The van der Waals surface area contributed by atoms with Crippen molar-refractivity contribution in [1.29, 1.82) is 0 Å². The average molecular weight is 323 g/mol. The van der Waals surface area contributed by atoms with Gasteiger partial charge in [-0.3, -0.25) is 14.6 Å². The zero-order chi connectivity index (χ0) is 16.9. The maximum atomic E-state index is 12.3. The Kier molecular flexibility index (Phi) is 4.89. The maximum Gasteiger partial charge on any atom is 0.257 e. The van der Waals surface area contributed by atoms with Crippen molar-refractivity contribution in [1.82, 2.24) is 10.3 Å². The number of nitrogens with one attached hydrogen (secondary N) is 2. The summed E-state index contributed by atoms with van der Waals surface area (Å²) in [4.78, 5) is 28.7. The van der Waals surface area contributed by atoms with E-state index in [1.54, 1.807) is 6.07 Å². The van der Waals surface area contributed by atoms with Crippen molar-refractivity contribution in [2.24, 2.45) is 0 Å². The number of hydrogen-bond acceptors (Lipinski definition) is 3. The Labute approximate surface area is 141 Å². The van der Waals surface area contributed by atoms with Gasteiger partial charge in [0.05, 0.1) is 11.1 Å². The van der Waals surface area contributed by atoms with Crippen LogP contribution in [0.15, 0.2) is 42.7 Å². The summed E-state index contributed by atoms with van der Waals surface area (Å²) < 4.78 is 0. The Balaban J connectivity index is 1.68. The van der Waals surface area contributed by atoms with Gasteiger partial charge in [-0.1, -0.05) is 30.5 Å². The van der Waals surface area contributed by atoms with Crippen LogP contribution in [0, 0.1) is 6.92 Å². The van der Waals surface area contributed by atoms with Crippen molar-refractivity contribution >= 4 is 17.5 Å². The fourth-order valence-electron chi connectivity index (χ4n) is 2.87. The van der Waals surface area contributed by atoms with Gasteiger partial charge in [0.2, 0.25) is 0 Å². The van der Waals surface area contributed by atoms with Gasteiger partial charge in [-0.15, -0.1) is 0 Å². The van der Waals surface area contributed by atoms with Gasteiger partial charge in [-0.25, -0.2) is 0 Å². The van der Waals surface area contributed by atoms with Crippen molar-refractivity contribution in [3.8, 4) is 0 Å². The molecule has 24 heavy (non-hydrogen) atoms. The van der Waals surface area contributed by atoms with E-state index in [9.17, 15) is 9.59 Å². The fourth-order valence-corrected chi connectivity index (χ4v) is 2.87. The normalized spacial score (nSPS) is 14.4. The maximum absolute atomic E-state index is 12.3. The minimum absolute atomic E-state index is 0.167. The summed E-state index contributed by atoms with van der Waals surface area (Å²) in [5.41, 5.74) is 2.62. The number of benzene rings is 1. The monoisotopic (exact) mass is 323 g/mol. The van der Waals surface area contributed by atoms with Crippen LogP contribution in [-0.2, 0) is 0 Å². The third-order valence-electron chi connectivity index (χ3n) is 4.26. The lowest BCUT2D eigenvalue weighted by atomic mass is 10.1. The summed E-state index contributed by atoms with van der Waals surface area (Å²) in [6, 6.07) is 9.37. The van der Waals surface area contributed by atoms with E-state index in [-0.39, 0.29) is 17.9 Å². The number of rotatable bonds is 4. The minimum atomic E-state index is -0.276. The van der Waals surface area contributed by atoms with Gasteiger partial charge in [-0.2, -0.15) is 0 Å². The smallest absolute Gasteiger partial charge is 0.257 e. The molecule has 1 aliphatic carbocycles. The molecule has 5 nitrogen and oxygen atoms in total. The number of amides is 2. The van der Waals surface area contributed by atoms with Gasteiger partial charge < -0.3 is 10.6 Å². The standard InChI is InChI=1S/C19H21N3O2/c1-13-6-8-17(9-7-13)22-19(24)15-10-14(11-20-12-15)18(23)21-16-4-2-3-5-16/h6-12,16H,2-5H2,1H3,(H,21,23)(H,22,24). The van der Waals surface area contributed by atoms with Crippen LogP contribution in [-0.4, -0.2) is 22.8 Å². The van der Waals surface area contributed by atoms with E-state index in [0.717, 1.165) is 31.2 Å². The number of anilines is 1. The van der Waals surface area contributed by atoms with Crippen LogP contribution in [0.1, 0.15) is 52.0 Å². The Morgan fingerprint density at radius 1 is 1.00 bits per heavy atom. The number of pyridine rings is 1. The second-order valence-corrected chi connectivity index (χ2v) is 6.24. The first-order valence-electron chi connectivity index (χ1n) is 8.26. The summed E-state index contributed by atoms with van der Waals surface area (Å²) in [6.07, 6.45) is 7.31. The molecule has 1 saturated carbocycles. The van der Waals surface area contributed by atoms with Gasteiger partial charge in [0, 0.05) is 24.1 Å².